The van der Waals surface area contributed by atoms with Crippen LogP contribution < -0.4 is 5.32 Å². The SMILES string of the molecule is CC(=O)C(C)NC(=O)c1ccc(O)c(C)c1. The highest BCUT2D eigenvalue weighted by molar-refractivity contribution is 5.97. The van der Waals surface area contributed by atoms with Crippen LogP contribution in [0, 0.1) is 6.92 Å². The van der Waals surface area contributed by atoms with Crippen molar-refractivity contribution < 1.29 is 14.7 Å². The summed E-state index contributed by atoms with van der Waals surface area (Å²) < 4.78 is 0. The smallest absolute Gasteiger partial charge is 0.251 e. The van der Waals surface area contributed by atoms with E-state index in [-0.39, 0.29) is 17.4 Å². The summed E-state index contributed by atoms with van der Waals surface area (Å²) in [5, 5.41) is 11.9. The number of hydrogen-bond donors (Lipinski definition) is 2. The van der Waals surface area contributed by atoms with Crippen molar-refractivity contribution in [2.75, 3.05) is 0 Å². The van der Waals surface area contributed by atoms with Crippen LogP contribution in [-0.2, 0) is 4.79 Å². The fourth-order valence-electron chi connectivity index (χ4n) is 1.18. The average molecular weight is 221 g/mol. The molecule has 16 heavy (non-hydrogen) atoms. The number of ketones is 1. The topological polar surface area (TPSA) is 66.4 Å². The van der Waals surface area contributed by atoms with E-state index in [1.807, 2.05) is 0 Å². The van der Waals surface area contributed by atoms with E-state index in [1.54, 1.807) is 19.9 Å². The zero-order valence-corrected chi connectivity index (χ0v) is 9.57. The van der Waals surface area contributed by atoms with Gasteiger partial charge in [-0.25, -0.2) is 0 Å². The quantitative estimate of drug-likeness (QED) is 0.811. The molecule has 0 aliphatic rings. The first-order valence-corrected chi connectivity index (χ1v) is 5.02. The van der Waals surface area contributed by atoms with Crippen LogP contribution in [0.1, 0.15) is 29.8 Å². The Bertz CT molecular complexity index is 426. The number of rotatable bonds is 3. The van der Waals surface area contributed by atoms with Crippen LogP contribution in [0.25, 0.3) is 0 Å². The van der Waals surface area contributed by atoms with E-state index in [0.717, 1.165) is 0 Å². The van der Waals surface area contributed by atoms with Crippen LogP contribution in [0.4, 0.5) is 0 Å². The van der Waals surface area contributed by atoms with E-state index in [9.17, 15) is 14.7 Å². The lowest BCUT2D eigenvalue weighted by molar-refractivity contribution is -0.118. The van der Waals surface area contributed by atoms with Gasteiger partial charge in [0.15, 0.2) is 5.78 Å². The maximum atomic E-state index is 11.7. The molecule has 0 radical (unpaired) electrons. The van der Waals surface area contributed by atoms with Crippen molar-refractivity contribution in [3.8, 4) is 5.75 Å². The summed E-state index contributed by atoms with van der Waals surface area (Å²) in [4.78, 5) is 22.7. The largest absolute Gasteiger partial charge is 0.508 e. The molecule has 1 rings (SSSR count). The molecule has 0 bridgehead atoms. The van der Waals surface area contributed by atoms with Crippen LogP contribution in [0.5, 0.6) is 5.75 Å². The molecule has 1 aromatic rings. The molecule has 0 heterocycles. The lowest BCUT2D eigenvalue weighted by Gasteiger charge is -2.11. The van der Waals surface area contributed by atoms with Gasteiger partial charge in [-0.05, 0) is 44.5 Å². The number of Topliss-reactive ketones (excluding diaryl/α,β-unsaturated/α-hetero) is 1. The molecule has 0 aromatic heterocycles. The lowest BCUT2D eigenvalue weighted by Crippen LogP contribution is -2.37. The van der Waals surface area contributed by atoms with E-state index in [0.29, 0.717) is 11.1 Å². The highest BCUT2D eigenvalue weighted by Crippen LogP contribution is 2.16. The molecule has 2 N–H and O–H groups in total. The van der Waals surface area contributed by atoms with Gasteiger partial charge in [0.1, 0.15) is 5.75 Å². The average Bonchev–Trinajstić information content (AvgIpc) is 2.21. The van der Waals surface area contributed by atoms with E-state index in [4.69, 9.17) is 0 Å². The number of aromatic hydroxyl groups is 1. The van der Waals surface area contributed by atoms with Gasteiger partial charge in [-0.2, -0.15) is 0 Å². The maximum absolute atomic E-state index is 11.7. The monoisotopic (exact) mass is 221 g/mol. The summed E-state index contributed by atoms with van der Waals surface area (Å²) >= 11 is 0. The predicted octanol–water partition coefficient (Wildman–Crippen LogP) is 1.41. The zero-order chi connectivity index (χ0) is 12.3. The van der Waals surface area contributed by atoms with Crippen LogP contribution in [0.2, 0.25) is 0 Å². The van der Waals surface area contributed by atoms with Crippen LogP contribution >= 0.6 is 0 Å². The van der Waals surface area contributed by atoms with Crippen LogP contribution in [0.3, 0.4) is 0 Å². The number of nitrogens with one attached hydrogen (secondary N) is 1. The molecule has 0 saturated heterocycles. The van der Waals surface area contributed by atoms with Crippen molar-refractivity contribution in [3.05, 3.63) is 29.3 Å². The molecule has 0 aliphatic carbocycles. The van der Waals surface area contributed by atoms with Gasteiger partial charge >= 0.3 is 0 Å². The van der Waals surface area contributed by atoms with Gasteiger partial charge < -0.3 is 10.4 Å². The van der Waals surface area contributed by atoms with E-state index in [2.05, 4.69) is 5.32 Å². The first-order chi connectivity index (χ1) is 7.41. The van der Waals surface area contributed by atoms with Crippen molar-refractivity contribution >= 4 is 11.7 Å². The van der Waals surface area contributed by atoms with Crippen molar-refractivity contribution in [2.24, 2.45) is 0 Å². The van der Waals surface area contributed by atoms with Gasteiger partial charge in [-0.3, -0.25) is 9.59 Å². The number of carbonyl (C=O) groups is 2. The molecule has 0 saturated carbocycles. The number of hydrogen-bond acceptors (Lipinski definition) is 3. The molecule has 1 aromatic carbocycles. The van der Waals surface area contributed by atoms with E-state index in [1.165, 1.54) is 19.1 Å². The van der Waals surface area contributed by atoms with Gasteiger partial charge in [0.05, 0.1) is 6.04 Å². The maximum Gasteiger partial charge on any atom is 0.251 e. The zero-order valence-electron chi connectivity index (χ0n) is 9.57. The second-order valence-electron chi connectivity index (χ2n) is 3.81. The third kappa shape index (κ3) is 2.82. The predicted molar refractivity (Wildman–Crippen MR) is 60.5 cm³/mol. The molecule has 0 spiro atoms. The van der Waals surface area contributed by atoms with Crippen molar-refractivity contribution in [2.45, 2.75) is 26.8 Å². The number of benzene rings is 1. The Morgan fingerprint density at radius 2 is 2.00 bits per heavy atom. The molecule has 4 nitrogen and oxygen atoms in total. The summed E-state index contributed by atoms with van der Waals surface area (Å²) in [6.07, 6.45) is 0. The van der Waals surface area contributed by atoms with E-state index < -0.39 is 6.04 Å². The molecule has 4 heteroatoms. The summed E-state index contributed by atoms with van der Waals surface area (Å²) in [7, 11) is 0. The minimum absolute atomic E-state index is 0.0937. The number of amides is 1. The Morgan fingerprint density at radius 3 is 2.50 bits per heavy atom. The number of aryl methyl sites for hydroxylation is 1. The minimum Gasteiger partial charge on any atom is -0.508 e. The molecule has 0 aliphatic heterocycles. The Kier molecular flexibility index (Phi) is 3.66. The van der Waals surface area contributed by atoms with Crippen molar-refractivity contribution in [1.29, 1.82) is 0 Å². The second kappa shape index (κ2) is 4.79. The van der Waals surface area contributed by atoms with E-state index >= 15 is 0 Å². The van der Waals surface area contributed by atoms with Gasteiger partial charge in [-0.1, -0.05) is 0 Å². The normalized spacial score (nSPS) is 11.9. The van der Waals surface area contributed by atoms with Gasteiger partial charge in [-0.15, -0.1) is 0 Å². The Hall–Kier alpha value is -1.84. The molecule has 1 atom stereocenters. The number of phenols is 1. The van der Waals surface area contributed by atoms with Gasteiger partial charge in [0.25, 0.3) is 5.91 Å². The third-order valence-corrected chi connectivity index (χ3v) is 2.42. The lowest BCUT2D eigenvalue weighted by atomic mass is 10.1. The first-order valence-electron chi connectivity index (χ1n) is 5.02. The molecule has 86 valence electrons. The molecular weight excluding hydrogens is 206 g/mol. The molecule has 1 amide bonds. The fourth-order valence-corrected chi connectivity index (χ4v) is 1.18. The third-order valence-electron chi connectivity index (χ3n) is 2.42. The summed E-state index contributed by atoms with van der Waals surface area (Å²) in [6, 6.07) is 4.06. The molecule has 1 unspecified atom stereocenters. The van der Waals surface area contributed by atoms with Gasteiger partial charge in [0.2, 0.25) is 0 Å². The van der Waals surface area contributed by atoms with Crippen LogP contribution in [0.15, 0.2) is 18.2 Å². The highest BCUT2D eigenvalue weighted by Gasteiger charge is 2.13. The van der Waals surface area contributed by atoms with Crippen molar-refractivity contribution in [1.82, 2.24) is 5.32 Å². The Labute approximate surface area is 94.3 Å². The fraction of sp³-hybridized carbons (Fsp3) is 0.333. The first kappa shape index (κ1) is 12.2. The minimum atomic E-state index is -0.499. The molecule has 0 fully saturated rings. The number of phenolic OH excluding ortho intramolecular Hbond substituents is 1. The van der Waals surface area contributed by atoms with Crippen LogP contribution in [-0.4, -0.2) is 22.8 Å². The van der Waals surface area contributed by atoms with Crippen molar-refractivity contribution in [3.63, 3.8) is 0 Å². The Morgan fingerprint density at radius 1 is 1.38 bits per heavy atom. The summed E-state index contributed by atoms with van der Waals surface area (Å²) in [6.45, 7) is 4.76. The standard InChI is InChI=1S/C12H15NO3/c1-7-6-10(4-5-11(7)15)12(16)13-8(2)9(3)14/h4-6,8,15H,1-3H3,(H,13,16). The summed E-state index contributed by atoms with van der Waals surface area (Å²) in [5.41, 5.74) is 1.06. The number of carbonyl (C=O) groups excluding carboxylic acids is 2. The highest BCUT2D eigenvalue weighted by atomic mass is 16.3. The van der Waals surface area contributed by atoms with Gasteiger partial charge in [0, 0.05) is 5.56 Å². The summed E-state index contributed by atoms with van der Waals surface area (Å²) in [5.74, 6) is -0.259. The second-order valence-corrected chi connectivity index (χ2v) is 3.81. The Balaban J connectivity index is 2.81. The molecular formula is C12H15NO3.